The number of methoxy groups -OCH3 is 1. The van der Waals surface area contributed by atoms with E-state index in [-0.39, 0.29) is 6.61 Å². The maximum absolute atomic E-state index is 8.77. The van der Waals surface area contributed by atoms with E-state index in [9.17, 15) is 0 Å². The second-order valence-electron chi connectivity index (χ2n) is 3.26. The predicted octanol–water partition coefficient (Wildman–Crippen LogP) is 1.04. The normalized spacial score (nSPS) is 10.4. The molecule has 5 heteroatoms. The molecule has 0 atom stereocenters. The van der Waals surface area contributed by atoms with E-state index in [1.54, 1.807) is 7.11 Å². The number of hydrogen-bond donors (Lipinski definition) is 2. The number of fused-ring (bicyclic) bond motifs is 1. The number of ether oxygens (including phenoxy) is 1. The predicted molar refractivity (Wildman–Crippen MR) is 61.7 cm³/mol. The molecule has 84 valence electrons. The van der Waals surface area contributed by atoms with E-state index in [1.807, 2.05) is 18.2 Å². The Balaban J connectivity index is 2.46. The Labute approximate surface area is 93.1 Å². The van der Waals surface area contributed by atoms with Crippen LogP contribution in [0.15, 0.2) is 24.5 Å². The molecule has 0 aliphatic rings. The lowest BCUT2D eigenvalue weighted by Crippen LogP contribution is -2.07. The van der Waals surface area contributed by atoms with E-state index < -0.39 is 0 Å². The first-order valence-corrected chi connectivity index (χ1v) is 4.98. The molecular formula is C11H13N3O2. The van der Waals surface area contributed by atoms with Crippen molar-refractivity contribution in [2.45, 2.75) is 0 Å². The molecule has 5 nitrogen and oxygen atoms in total. The molecule has 0 saturated heterocycles. The highest BCUT2D eigenvalue weighted by Crippen LogP contribution is 2.23. The van der Waals surface area contributed by atoms with Gasteiger partial charge in [0.15, 0.2) is 0 Å². The van der Waals surface area contributed by atoms with Crippen molar-refractivity contribution in [1.82, 2.24) is 9.97 Å². The van der Waals surface area contributed by atoms with Gasteiger partial charge in [0.1, 0.15) is 17.9 Å². The van der Waals surface area contributed by atoms with Gasteiger partial charge in [0.2, 0.25) is 0 Å². The lowest BCUT2D eigenvalue weighted by Gasteiger charge is -2.07. The van der Waals surface area contributed by atoms with Crippen LogP contribution in [0.2, 0.25) is 0 Å². The SMILES string of the molecule is COc1ccc2ncnc(NCCO)c2c1. The Morgan fingerprint density at radius 3 is 3.00 bits per heavy atom. The zero-order valence-electron chi connectivity index (χ0n) is 8.97. The molecule has 0 unspecified atom stereocenters. The first-order valence-electron chi connectivity index (χ1n) is 4.98. The summed E-state index contributed by atoms with van der Waals surface area (Å²) >= 11 is 0. The highest BCUT2D eigenvalue weighted by Gasteiger charge is 2.04. The van der Waals surface area contributed by atoms with Crippen molar-refractivity contribution in [3.05, 3.63) is 24.5 Å². The third-order valence-corrected chi connectivity index (χ3v) is 2.25. The molecule has 0 aliphatic heterocycles. The maximum Gasteiger partial charge on any atom is 0.137 e. The molecule has 16 heavy (non-hydrogen) atoms. The molecule has 0 radical (unpaired) electrons. The first-order chi connectivity index (χ1) is 7.85. The maximum atomic E-state index is 8.77. The lowest BCUT2D eigenvalue weighted by molar-refractivity contribution is 0.311. The third-order valence-electron chi connectivity index (χ3n) is 2.25. The van der Waals surface area contributed by atoms with Crippen LogP contribution in [0.5, 0.6) is 5.75 Å². The van der Waals surface area contributed by atoms with Gasteiger partial charge in [-0.25, -0.2) is 9.97 Å². The van der Waals surface area contributed by atoms with Gasteiger partial charge >= 0.3 is 0 Å². The van der Waals surface area contributed by atoms with E-state index in [4.69, 9.17) is 9.84 Å². The van der Waals surface area contributed by atoms with E-state index in [1.165, 1.54) is 6.33 Å². The minimum Gasteiger partial charge on any atom is -0.497 e. The lowest BCUT2D eigenvalue weighted by atomic mass is 10.2. The Morgan fingerprint density at radius 2 is 2.25 bits per heavy atom. The monoisotopic (exact) mass is 219 g/mol. The third kappa shape index (κ3) is 2.04. The smallest absolute Gasteiger partial charge is 0.137 e. The zero-order valence-corrected chi connectivity index (χ0v) is 8.97. The molecule has 1 heterocycles. The van der Waals surface area contributed by atoms with E-state index in [0.29, 0.717) is 12.4 Å². The quantitative estimate of drug-likeness (QED) is 0.804. The van der Waals surface area contributed by atoms with Gasteiger partial charge in [-0.05, 0) is 18.2 Å². The number of rotatable bonds is 4. The van der Waals surface area contributed by atoms with Gasteiger partial charge in [-0.2, -0.15) is 0 Å². The molecule has 0 spiro atoms. The number of benzene rings is 1. The van der Waals surface area contributed by atoms with Crippen LogP contribution in [0.1, 0.15) is 0 Å². The largest absolute Gasteiger partial charge is 0.497 e. The van der Waals surface area contributed by atoms with Crippen LogP contribution in [-0.4, -0.2) is 35.3 Å². The number of nitrogens with one attached hydrogen (secondary N) is 1. The summed E-state index contributed by atoms with van der Waals surface area (Å²) in [6.45, 7) is 0.527. The molecule has 1 aromatic heterocycles. The summed E-state index contributed by atoms with van der Waals surface area (Å²) in [6, 6.07) is 5.60. The fourth-order valence-corrected chi connectivity index (χ4v) is 1.48. The van der Waals surface area contributed by atoms with Crippen LogP contribution in [0.25, 0.3) is 10.9 Å². The molecular weight excluding hydrogens is 206 g/mol. The van der Waals surface area contributed by atoms with Crippen molar-refractivity contribution >= 4 is 16.7 Å². The number of aliphatic hydroxyl groups is 1. The van der Waals surface area contributed by atoms with E-state index in [2.05, 4.69) is 15.3 Å². The van der Waals surface area contributed by atoms with Crippen molar-refractivity contribution in [3.63, 3.8) is 0 Å². The van der Waals surface area contributed by atoms with Gasteiger partial charge in [-0.15, -0.1) is 0 Å². The minimum atomic E-state index is 0.0649. The van der Waals surface area contributed by atoms with Gasteiger partial charge in [0.05, 0.1) is 19.2 Å². The van der Waals surface area contributed by atoms with Crippen LogP contribution in [0, 0.1) is 0 Å². The van der Waals surface area contributed by atoms with E-state index in [0.717, 1.165) is 16.7 Å². The van der Waals surface area contributed by atoms with Gasteiger partial charge in [-0.1, -0.05) is 0 Å². The zero-order chi connectivity index (χ0) is 11.4. The molecule has 0 aliphatic carbocycles. The average Bonchev–Trinajstić information content (AvgIpc) is 2.35. The standard InChI is InChI=1S/C11H13N3O2/c1-16-8-2-3-10-9(6-8)11(12-4-5-15)14-7-13-10/h2-3,6-7,15H,4-5H2,1H3,(H,12,13,14). The molecule has 2 aromatic rings. The van der Waals surface area contributed by atoms with Gasteiger partial charge in [0.25, 0.3) is 0 Å². The number of aliphatic hydroxyl groups excluding tert-OH is 1. The fraction of sp³-hybridized carbons (Fsp3) is 0.273. The van der Waals surface area contributed by atoms with Crippen LogP contribution < -0.4 is 10.1 Å². The van der Waals surface area contributed by atoms with Crippen LogP contribution in [0.3, 0.4) is 0 Å². The number of nitrogens with zero attached hydrogens (tertiary/aromatic N) is 2. The second kappa shape index (κ2) is 4.76. The summed E-state index contributed by atoms with van der Waals surface area (Å²) in [5.41, 5.74) is 0.844. The number of aromatic nitrogens is 2. The van der Waals surface area contributed by atoms with Crippen molar-refractivity contribution in [2.24, 2.45) is 0 Å². The summed E-state index contributed by atoms with van der Waals surface area (Å²) in [5, 5.41) is 12.7. The molecule has 1 aromatic carbocycles. The summed E-state index contributed by atoms with van der Waals surface area (Å²) in [7, 11) is 1.62. The fourth-order valence-electron chi connectivity index (χ4n) is 1.48. The molecule has 0 saturated carbocycles. The summed E-state index contributed by atoms with van der Waals surface area (Å²) in [5.74, 6) is 1.47. The van der Waals surface area contributed by atoms with E-state index >= 15 is 0 Å². The Kier molecular flexibility index (Phi) is 3.16. The van der Waals surface area contributed by atoms with Crippen LogP contribution in [0.4, 0.5) is 5.82 Å². The summed E-state index contributed by atoms with van der Waals surface area (Å²) < 4.78 is 5.15. The average molecular weight is 219 g/mol. The first kappa shape index (κ1) is 10.6. The highest BCUT2D eigenvalue weighted by molar-refractivity contribution is 5.89. The van der Waals surface area contributed by atoms with Crippen molar-refractivity contribution in [1.29, 1.82) is 0 Å². The van der Waals surface area contributed by atoms with Gasteiger partial charge < -0.3 is 15.2 Å². The molecule has 0 fully saturated rings. The Morgan fingerprint density at radius 1 is 1.38 bits per heavy atom. The summed E-state index contributed by atoms with van der Waals surface area (Å²) in [4.78, 5) is 8.29. The topological polar surface area (TPSA) is 67.3 Å². The van der Waals surface area contributed by atoms with Crippen molar-refractivity contribution in [2.75, 3.05) is 25.6 Å². The van der Waals surface area contributed by atoms with Gasteiger partial charge in [0, 0.05) is 11.9 Å². The minimum absolute atomic E-state index is 0.0649. The number of anilines is 1. The molecule has 0 amide bonds. The Hall–Kier alpha value is -1.88. The second-order valence-corrected chi connectivity index (χ2v) is 3.26. The van der Waals surface area contributed by atoms with Crippen molar-refractivity contribution < 1.29 is 9.84 Å². The Bertz CT molecular complexity index is 488. The molecule has 2 rings (SSSR count). The van der Waals surface area contributed by atoms with Crippen LogP contribution in [-0.2, 0) is 0 Å². The molecule has 2 N–H and O–H groups in total. The van der Waals surface area contributed by atoms with Crippen LogP contribution >= 0.6 is 0 Å². The number of hydrogen-bond acceptors (Lipinski definition) is 5. The molecule has 0 bridgehead atoms. The summed E-state index contributed by atoms with van der Waals surface area (Å²) in [6.07, 6.45) is 1.49. The van der Waals surface area contributed by atoms with Gasteiger partial charge in [-0.3, -0.25) is 0 Å². The highest BCUT2D eigenvalue weighted by atomic mass is 16.5. The van der Waals surface area contributed by atoms with Crippen molar-refractivity contribution in [3.8, 4) is 5.75 Å².